The fourth-order valence-electron chi connectivity index (χ4n) is 4.36. The quantitative estimate of drug-likeness (QED) is 0.258. The molecule has 2 aliphatic rings. The highest BCUT2D eigenvalue weighted by molar-refractivity contribution is 7.99. The van der Waals surface area contributed by atoms with E-state index in [-0.39, 0.29) is 23.6 Å². The topological polar surface area (TPSA) is 125 Å². The Morgan fingerprint density at radius 2 is 1.51 bits per heavy atom. The van der Waals surface area contributed by atoms with Crippen LogP contribution in [0.15, 0.2) is 23.1 Å². The number of thioether (sulfide) groups is 1. The van der Waals surface area contributed by atoms with Crippen molar-refractivity contribution >= 4 is 47.2 Å². The lowest BCUT2D eigenvalue weighted by atomic mass is 9.88. The maximum Gasteiger partial charge on any atom is 0.312 e. The molecule has 9 nitrogen and oxygen atoms in total. The summed E-state index contributed by atoms with van der Waals surface area (Å²) in [6.07, 6.45) is -0.782. The zero-order chi connectivity index (χ0) is 25.7. The van der Waals surface area contributed by atoms with E-state index < -0.39 is 79.0 Å². The molecule has 0 radical (unpaired) electrons. The smallest absolute Gasteiger partial charge is 0.312 e. The fourth-order valence-corrected chi connectivity index (χ4v) is 5.76. The van der Waals surface area contributed by atoms with Gasteiger partial charge in [0.1, 0.15) is 5.82 Å². The average Bonchev–Trinajstić information content (AvgIpc) is 3.50. The van der Waals surface area contributed by atoms with Crippen LogP contribution >= 0.6 is 23.4 Å². The molecule has 2 fully saturated rings. The minimum atomic E-state index is -1.02. The van der Waals surface area contributed by atoms with E-state index in [1.54, 1.807) is 13.8 Å². The van der Waals surface area contributed by atoms with Crippen LogP contribution in [0.3, 0.4) is 0 Å². The molecule has 1 N–H and O–H groups in total. The Labute approximate surface area is 210 Å². The second-order valence-corrected chi connectivity index (χ2v) is 9.65. The van der Waals surface area contributed by atoms with Crippen LogP contribution in [0.5, 0.6) is 0 Å². The van der Waals surface area contributed by atoms with E-state index in [9.17, 15) is 28.7 Å². The Morgan fingerprint density at radius 3 is 2.06 bits per heavy atom. The van der Waals surface area contributed by atoms with E-state index in [0.29, 0.717) is 4.90 Å². The Hall–Kier alpha value is -2.37. The van der Waals surface area contributed by atoms with Crippen LogP contribution in [-0.4, -0.2) is 54.4 Å². The average molecular weight is 533 g/mol. The second kappa shape index (κ2) is 12.0. The van der Waals surface area contributed by atoms with Gasteiger partial charge in [0, 0.05) is 35.3 Å². The van der Waals surface area contributed by atoms with Crippen LogP contribution in [0, 0.1) is 35.4 Å². The van der Waals surface area contributed by atoms with Gasteiger partial charge in [0.25, 0.3) is 0 Å². The highest BCUT2D eigenvalue weighted by atomic mass is 35.5. The van der Waals surface area contributed by atoms with E-state index in [4.69, 9.17) is 30.5 Å². The first kappa shape index (κ1) is 27.2. The van der Waals surface area contributed by atoms with Crippen molar-refractivity contribution in [1.82, 2.24) is 0 Å². The molecule has 0 saturated heterocycles. The summed E-state index contributed by atoms with van der Waals surface area (Å²) in [6, 6.07) is 4.20. The molecule has 3 rings (SSSR count). The third-order valence-electron chi connectivity index (χ3n) is 6.14. The van der Waals surface area contributed by atoms with Gasteiger partial charge in [-0.15, -0.1) is 11.8 Å². The number of esters is 4. The predicted molar refractivity (Wildman–Crippen MR) is 120 cm³/mol. The molecule has 0 spiro atoms. The summed E-state index contributed by atoms with van der Waals surface area (Å²) < 4.78 is 33.1. The highest BCUT2D eigenvalue weighted by Gasteiger charge is 2.72. The standard InChI is InChI=1S/C23H26ClFO9S/c1-3-15(26)31-9-33-22(29)17-12(8-35-11-5-6-14(25)13(24)7-11)21(28)19-18(17)20(19)23(30)34-10-32-16(27)4-2/h5-7,12,17-21,28H,3-4,8-10H2,1-2H3/t12?,17-,18+,19-,20-,21-/m1/s1. The van der Waals surface area contributed by atoms with Gasteiger partial charge >= 0.3 is 23.9 Å². The minimum absolute atomic E-state index is 0.0508. The van der Waals surface area contributed by atoms with Gasteiger partial charge in [-0.1, -0.05) is 25.4 Å². The zero-order valence-corrected chi connectivity index (χ0v) is 20.7. The van der Waals surface area contributed by atoms with Crippen molar-refractivity contribution < 1.29 is 47.6 Å². The molecule has 0 bridgehead atoms. The van der Waals surface area contributed by atoms with Crippen LogP contribution < -0.4 is 0 Å². The molecule has 2 aliphatic carbocycles. The molecule has 6 atom stereocenters. The highest BCUT2D eigenvalue weighted by Crippen LogP contribution is 2.64. The summed E-state index contributed by atoms with van der Waals surface area (Å²) in [7, 11) is 0. The van der Waals surface area contributed by atoms with Crippen molar-refractivity contribution in [2.75, 3.05) is 19.3 Å². The normalized spacial score (nSPS) is 26.4. The van der Waals surface area contributed by atoms with E-state index in [2.05, 4.69) is 0 Å². The van der Waals surface area contributed by atoms with Crippen molar-refractivity contribution in [3.63, 3.8) is 0 Å². The van der Waals surface area contributed by atoms with Crippen LogP contribution in [0.2, 0.25) is 5.02 Å². The SMILES string of the molecule is CCC(=O)OCOC(=O)[C@@H]1[C@@H]2[C@H]1[C@H](O)C(CSc1ccc(F)c(Cl)c1)[C@H]2C(=O)OCOC(=O)CC. The Morgan fingerprint density at radius 1 is 0.943 bits per heavy atom. The van der Waals surface area contributed by atoms with Crippen LogP contribution in [0.4, 0.5) is 4.39 Å². The monoisotopic (exact) mass is 532 g/mol. The summed E-state index contributed by atoms with van der Waals surface area (Å²) in [5, 5.41) is 10.9. The molecule has 12 heteroatoms. The Balaban J connectivity index is 1.67. The van der Waals surface area contributed by atoms with Crippen LogP contribution in [0.1, 0.15) is 26.7 Å². The summed E-state index contributed by atoms with van der Waals surface area (Å²) in [5.41, 5.74) is 0. The van der Waals surface area contributed by atoms with Crippen molar-refractivity contribution in [1.29, 1.82) is 0 Å². The molecule has 1 unspecified atom stereocenters. The lowest BCUT2D eigenvalue weighted by Crippen LogP contribution is -2.36. The number of hydrogen-bond donors (Lipinski definition) is 1. The van der Waals surface area contributed by atoms with Gasteiger partial charge in [0.2, 0.25) is 13.6 Å². The maximum absolute atomic E-state index is 13.4. The molecular formula is C23H26ClFO9S. The first-order chi connectivity index (χ1) is 16.7. The fraction of sp³-hybridized carbons (Fsp3) is 0.565. The second-order valence-electron chi connectivity index (χ2n) is 8.15. The molecular weight excluding hydrogens is 507 g/mol. The molecule has 1 aromatic carbocycles. The van der Waals surface area contributed by atoms with E-state index in [1.807, 2.05) is 0 Å². The Bertz CT molecular complexity index is 974. The van der Waals surface area contributed by atoms with Gasteiger partial charge in [-0.2, -0.15) is 0 Å². The number of benzene rings is 1. The molecule has 192 valence electrons. The molecule has 0 amide bonds. The number of carbonyl (C=O) groups excluding carboxylic acids is 4. The van der Waals surface area contributed by atoms with Gasteiger partial charge in [-0.3, -0.25) is 19.2 Å². The molecule has 0 aliphatic heterocycles. The van der Waals surface area contributed by atoms with Gasteiger partial charge in [-0.05, 0) is 24.1 Å². The number of aliphatic hydroxyl groups excluding tert-OH is 1. The van der Waals surface area contributed by atoms with Gasteiger partial charge in [0.15, 0.2) is 0 Å². The Kier molecular flexibility index (Phi) is 9.37. The number of carbonyl (C=O) groups is 4. The largest absolute Gasteiger partial charge is 0.428 e. The number of rotatable bonds is 11. The lowest BCUT2D eigenvalue weighted by molar-refractivity contribution is -0.172. The molecule has 2 saturated carbocycles. The molecule has 0 heterocycles. The third-order valence-corrected chi connectivity index (χ3v) is 7.57. The van der Waals surface area contributed by atoms with Gasteiger partial charge in [-0.25, -0.2) is 4.39 Å². The number of hydrogen-bond acceptors (Lipinski definition) is 10. The van der Waals surface area contributed by atoms with Gasteiger partial charge < -0.3 is 24.1 Å². The number of fused-ring (bicyclic) bond motifs is 1. The summed E-state index contributed by atoms with van der Waals surface area (Å²) in [6.45, 7) is 2.06. The van der Waals surface area contributed by atoms with Crippen LogP contribution in [0.25, 0.3) is 0 Å². The zero-order valence-electron chi connectivity index (χ0n) is 19.1. The summed E-state index contributed by atoms with van der Waals surface area (Å²) >= 11 is 7.10. The molecule has 0 aromatic heterocycles. The van der Waals surface area contributed by atoms with Gasteiger partial charge in [0.05, 0.1) is 23.0 Å². The number of aliphatic hydroxyl groups is 1. The van der Waals surface area contributed by atoms with Crippen molar-refractivity contribution in [2.24, 2.45) is 29.6 Å². The van der Waals surface area contributed by atoms with Crippen molar-refractivity contribution in [2.45, 2.75) is 37.7 Å². The first-order valence-electron chi connectivity index (χ1n) is 11.1. The third kappa shape index (κ3) is 6.45. The number of ether oxygens (including phenoxy) is 4. The van der Waals surface area contributed by atoms with E-state index >= 15 is 0 Å². The van der Waals surface area contributed by atoms with Crippen molar-refractivity contribution in [3.05, 3.63) is 29.0 Å². The summed E-state index contributed by atoms with van der Waals surface area (Å²) in [5.74, 6) is -6.07. The predicted octanol–water partition coefficient (Wildman–Crippen LogP) is 2.95. The number of halogens is 2. The van der Waals surface area contributed by atoms with E-state index in [0.717, 1.165) is 0 Å². The summed E-state index contributed by atoms with van der Waals surface area (Å²) in [4.78, 5) is 48.6. The van der Waals surface area contributed by atoms with E-state index in [1.165, 1.54) is 30.0 Å². The van der Waals surface area contributed by atoms with Crippen molar-refractivity contribution in [3.8, 4) is 0 Å². The van der Waals surface area contributed by atoms with Crippen LogP contribution in [-0.2, 0) is 38.1 Å². The first-order valence-corrected chi connectivity index (χ1v) is 12.5. The molecule has 35 heavy (non-hydrogen) atoms. The maximum atomic E-state index is 13.4. The lowest BCUT2D eigenvalue weighted by Gasteiger charge is -2.25. The molecule has 1 aromatic rings. The minimum Gasteiger partial charge on any atom is -0.428 e.